The van der Waals surface area contributed by atoms with Gasteiger partial charge in [-0.1, -0.05) is 0 Å². The van der Waals surface area contributed by atoms with Crippen LogP contribution in [0.15, 0.2) is 0 Å². The minimum absolute atomic E-state index is 0.0167. The summed E-state index contributed by atoms with van der Waals surface area (Å²) in [6.07, 6.45) is -3.83. The van der Waals surface area contributed by atoms with E-state index in [2.05, 4.69) is 10.6 Å². The van der Waals surface area contributed by atoms with Crippen molar-refractivity contribution in [3.8, 4) is 0 Å². The zero-order chi connectivity index (χ0) is 22.3. The number of carbonyl (C=O) groups is 2. The van der Waals surface area contributed by atoms with Gasteiger partial charge >= 0.3 is 0 Å². The molecular formula is C18H30N4O8S. The van der Waals surface area contributed by atoms with Crippen LogP contribution >= 0.6 is 0 Å². The smallest absolute Gasteiger partial charge is 0.239 e. The highest BCUT2D eigenvalue weighted by Gasteiger charge is 2.46. The Bertz CT molecular complexity index is 810. The number of nitrogens with zero attached hydrogens (tertiary/aromatic N) is 2. The van der Waals surface area contributed by atoms with Crippen molar-refractivity contribution in [1.29, 1.82) is 0 Å². The number of hydrogen-bond acceptors (Lipinski definition) is 9. The number of rotatable bonds is 1. The van der Waals surface area contributed by atoms with E-state index in [1.54, 1.807) is 4.90 Å². The minimum Gasteiger partial charge on any atom is -0.388 e. The summed E-state index contributed by atoms with van der Waals surface area (Å²) >= 11 is 0. The van der Waals surface area contributed by atoms with E-state index in [0.29, 0.717) is 19.5 Å². The van der Waals surface area contributed by atoms with E-state index in [9.17, 15) is 28.2 Å². The summed E-state index contributed by atoms with van der Waals surface area (Å²) in [5, 5.41) is 26.7. The molecule has 0 spiro atoms. The van der Waals surface area contributed by atoms with Crippen molar-refractivity contribution in [2.45, 2.75) is 55.4 Å². The molecular weight excluding hydrogens is 432 g/mol. The fourth-order valence-corrected chi connectivity index (χ4v) is 5.53. The number of ether oxygens (including phenoxy) is 2. The summed E-state index contributed by atoms with van der Waals surface area (Å²) in [6.45, 7) is 1.15. The average molecular weight is 463 g/mol. The van der Waals surface area contributed by atoms with Crippen molar-refractivity contribution in [3.63, 3.8) is 0 Å². The van der Waals surface area contributed by atoms with Crippen molar-refractivity contribution in [2.75, 3.05) is 45.6 Å². The molecule has 0 aliphatic carbocycles. The van der Waals surface area contributed by atoms with Gasteiger partial charge in [-0.05, 0) is 6.42 Å². The third-order valence-electron chi connectivity index (χ3n) is 6.35. The number of aliphatic hydroxyl groups is 2. The fraction of sp³-hybridized carbons (Fsp3) is 0.889. The third kappa shape index (κ3) is 5.02. The second kappa shape index (κ2) is 8.89. The molecule has 0 unspecified atom stereocenters. The maximum atomic E-state index is 12.9. The molecule has 4 heterocycles. The molecule has 0 aromatic rings. The van der Waals surface area contributed by atoms with Crippen LogP contribution in [-0.2, 0) is 29.1 Å². The molecule has 31 heavy (non-hydrogen) atoms. The lowest BCUT2D eigenvalue weighted by Gasteiger charge is -2.36. The number of aliphatic hydroxyl groups excluding tert-OH is 2. The summed E-state index contributed by atoms with van der Waals surface area (Å²) in [4.78, 5) is 27.1. The van der Waals surface area contributed by atoms with Crippen molar-refractivity contribution in [1.82, 2.24) is 19.8 Å². The van der Waals surface area contributed by atoms with Crippen LogP contribution in [0, 0.1) is 0 Å². The molecule has 4 rings (SSSR count). The molecule has 13 heteroatoms. The van der Waals surface area contributed by atoms with Gasteiger partial charge in [-0.15, -0.1) is 0 Å². The van der Waals surface area contributed by atoms with Gasteiger partial charge in [0.05, 0.1) is 37.5 Å². The van der Waals surface area contributed by atoms with Gasteiger partial charge in [-0.3, -0.25) is 9.59 Å². The molecule has 4 saturated heterocycles. The molecule has 0 radical (unpaired) electrons. The van der Waals surface area contributed by atoms with E-state index in [-0.39, 0.29) is 50.5 Å². The number of carbonyl (C=O) groups excluding carboxylic acids is 2. The van der Waals surface area contributed by atoms with E-state index in [1.165, 1.54) is 0 Å². The van der Waals surface area contributed by atoms with Gasteiger partial charge < -0.3 is 35.2 Å². The Kier molecular flexibility index (Phi) is 6.54. The largest absolute Gasteiger partial charge is 0.388 e. The minimum atomic E-state index is -3.69. The molecule has 2 amide bonds. The first-order chi connectivity index (χ1) is 14.6. The number of morpholine rings is 1. The van der Waals surface area contributed by atoms with E-state index in [1.807, 2.05) is 0 Å². The van der Waals surface area contributed by atoms with Gasteiger partial charge in [-0.25, -0.2) is 8.42 Å². The number of fused-ring (bicyclic) bond motifs is 6. The molecule has 0 aromatic heterocycles. The van der Waals surface area contributed by atoms with Crippen LogP contribution < -0.4 is 10.6 Å². The van der Waals surface area contributed by atoms with Gasteiger partial charge in [0.1, 0.15) is 18.3 Å². The first-order valence-corrected chi connectivity index (χ1v) is 12.4. The average Bonchev–Trinajstić information content (AvgIpc) is 3.26. The Balaban J connectivity index is 1.59. The fourth-order valence-electron chi connectivity index (χ4n) is 4.67. The molecule has 7 atom stereocenters. The number of hydrogen-bond donors (Lipinski definition) is 4. The summed E-state index contributed by atoms with van der Waals surface area (Å²) in [7, 11) is -3.69. The van der Waals surface area contributed by atoms with E-state index >= 15 is 0 Å². The Morgan fingerprint density at radius 1 is 1.10 bits per heavy atom. The predicted octanol–water partition coefficient (Wildman–Crippen LogP) is -3.78. The normalized spacial score (nSPS) is 40.7. The van der Waals surface area contributed by atoms with Crippen molar-refractivity contribution in [2.24, 2.45) is 0 Å². The monoisotopic (exact) mass is 462 g/mol. The maximum Gasteiger partial charge on any atom is 0.239 e. The van der Waals surface area contributed by atoms with E-state index < -0.39 is 46.6 Å². The van der Waals surface area contributed by atoms with E-state index in [4.69, 9.17) is 9.47 Å². The van der Waals surface area contributed by atoms with Gasteiger partial charge in [0.2, 0.25) is 21.8 Å². The predicted molar refractivity (Wildman–Crippen MR) is 106 cm³/mol. The zero-order valence-corrected chi connectivity index (χ0v) is 18.2. The van der Waals surface area contributed by atoms with Gasteiger partial charge in [-0.2, -0.15) is 4.31 Å². The van der Waals surface area contributed by atoms with Gasteiger partial charge in [0.25, 0.3) is 0 Å². The molecule has 4 fully saturated rings. The standard InChI is InChI=1S/C18H30N4O8S/c1-31(27,28)22-8-11-7-21(2-3-29-11)18(26)12-4-10(6-19-12)20-15(23)5-13-16(24)17(25)14(9-22)30-13/h10-14,16-17,19,24-25H,2-9H2,1H3,(H,20,23)/t10-,11-,12-,13-,14+,16-,17+/m0/s1. The van der Waals surface area contributed by atoms with Crippen LogP contribution in [0.3, 0.4) is 0 Å². The molecule has 4 aliphatic heterocycles. The third-order valence-corrected chi connectivity index (χ3v) is 7.59. The van der Waals surface area contributed by atoms with Crippen LogP contribution in [0.5, 0.6) is 0 Å². The van der Waals surface area contributed by atoms with Crippen LogP contribution in [0.1, 0.15) is 12.8 Å². The quantitative estimate of drug-likeness (QED) is 0.307. The van der Waals surface area contributed by atoms with Gasteiger partial charge in [0, 0.05) is 38.8 Å². The molecule has 0 aromatic carbocycles. The number of sulfonamides is 1. The first kappa shape index (κ1) is 22.8. The Morgan fingerprint density at radius 3 is 2.58 bits per heavy atom. The first-order valence-electron chi connectivity index (χ1n) is 10.5. The van der Waals surface area contributed by atoms with E-state index in [0.717, 1.165) is 10.6 Å². The molecule has 12 nitrogen and oxygen atoms in total. The molecule has 4 aliphatic rings. The topological polar surface area (TPSA) is 158 Å². The molecule has 6 bridgehead atoms. The molecule has 4 N–H and O–H groups in total. The summed E-state index contributed by atoms with van der Waals surface area (Å²) in [6, 6.07) is -0.673. The second-order valence-corrected chi connectivity index (χ2v) is 10.7. The van der Waals surface area contributed by atoms with Crippen molar-refractivity contribution in [3.05, 3.63) is 0 Å². The Labute approximate surface area is 180 Å². The lowest BCUT2D eigenvalue weighted by molar-refractivity contribution is -0.141. The highest BCUT2D eigenvalue weighted by Crippen LogP contribution is 2.26. The van der Waals surface area contributed by atoms with Gasteiger partial charge in [0.15, 0.2) is 0 Å². The Morgan fingerprint density at radius 2 is 1.84 bits per heavy atom. The van der Waals surface area contributed by atoms with Crippen LogP contribution in [-0.4, -0.2) is 128 Å². The lowest BCUT2D eigenvalue weighted by Crippen LogP contribution is -2.54. The maximum absolute atomic E-state index is 12.9. The lowest BCUT2D eigenvalue weighted by atomic mass is 10.0. The SMILES string of the molecule is CS(=O)(=O)N1C[C@@H]2CN(CCO2)C(=O)[C@@H]2C[C@@H](CN2)NC(=O)C[C@@H]2O[C@H](C1)[C@@H](O)[C@H]2O. The highest BCUT2D eigenvalue weighted by molar-refractivity contribution is 7.88. The second-order valence-electron chi connectivity index (χ2n) is 8.72. The summed E-state index contributed by atoms with van der Waals surface area (Å²) < 4.78 is 37.3. The molecule has 176 valence electrons. The van der Waals surface area contributed by atoms with Crippen LogP contribution in [0.2, 0.25) is 0 Å². The Hall–Kier alpha value is -1.35. The van der Waals surface area contributed by atoms with Crippen LogP contribution in [0.25, 0.3) is 0 Å². The number of amides is 2. The highest BCUT2D eigenvalue weighted by atomic mass is 32.2. The van der Waals surface area contributed by atoms with Crippen molar-refractivity contribution < 1.29 is 37.7 Å². The zero-order valence-electron chi connectivity index (χ0n) is 17.3. The number of nitrogens with one attached hydrogen (secondary N) is 2. The van der Waals surface area contributed by atoms with Crippen LogP contribution in [0.4, 0.5) is 0 Å². The summed E-state index contributed by atoms with van der Waals surface area (Å²) in [5.74, 6) is -0.465. The molecule has 0 saturated carbocycles. The summed E-state index contributed by atoms with van der Waals surface area (Å²) in [5.41, 5.74) is 0. The van der Waals surface area contributed by atoms with Crippen molar-refractivity contribution >= 4 is 21.8 Å².